The van der Waals surface area contributed by atoms with Crippen molar-refractivity contribution in [2.75, 3.05) is 0 Å². The first-order valence-electron chi connectivity index (χ1n) is 6.12. The van der Waals surface area contributed by atoms with Crippen LogP contribution in [0.1, 0.15) is 72.6 Å². The fraction of sp³-hybridized carbons (Fsp3) is 1.00. The fourth-order valence-electron chi connectivity index (χ4n) is 1.54. The summed E-state index contributed by atoms with van der Waals surface area (Å²) in [6.45, 7) is 9.32. The molecular formula is C13H27I. The smallest absolute Gasteiger partial charge is 0.0158 e. The van der Waals surface area contributed by atoms with Gasteiger partial charge in [-0.1, -0.05) is 88.8 Å². The summed E-state index contributed by atoms with van der Waals surface area (Å²) in [6, 6.07) is 0. The average molecular weight is 310 g/mol. The van der Waals surface area contributed by atoms with Crippen LogP contribution in [0.2, 0.25) is 0 Å². The quantitative estimate of drug-likeness (QED) is 0.327. The van der Waals surface area contributed by atoms with E-state index < -0.39 is 0 Å². The number of unbranched alkanes of at least 4 members (excludes halogenated alkanes) is 5. The Labute approximate surface area is 104 Å². The Balaban J connectivity index is 3.28. The molecule has 0 aromatic rings. The van der Waals surface area contributed by atoms with E-state index >= 15 is 0 Å². The molecule has 0 rings (SSSR count). The highest BCUT2D eigenvalue weighted by Crippen LogP contribution is 2.30. The van der Waals surface area contributed by atoms with E-state index in [1.54, 1.807) is 0 Å². The Hall–Kier alpha value is 0.730. The first kappa shape index (κ1) is 14.7. The second kappa shape index (κ2) is 7.95. The minimum absolute atomic E-state index is 0.490. The Kier molecular flexibility index (Phi) is 8.36. The standard InChI is InChI=1S/C13H27I/c1-5-6-7-8-9-10-11-12(14)13(2,3)4/h12H,5-11H2,1-4H3. The van der Waals surface area contributed by atoms with Crippen LogP contribution in [0.5, 0.6) is 0 Å². The number of halogens is 1. The van der Waals surface area contributed by atoms with Gasteiger partial charge in [0.15, 0.2) is 0 Å². The molecule has 0 saturated carbocycles. The number of hydrogen-bond donors (Lipinski definition) is 0. The van der Waals surface area contributed by atoms with E-state index in [4.69, 9.17) is 0 Å². The lowest BCUT2D eigenvalue weighted by Gasteiger charge is -2.25. The van der Waals surface area contributed by atoms with Crippen LogP contribution in [0.3, 0.4) is 0 Å². The molecule has 0 aliphatic rings. The van der Waals surface area contributed by atoms with E-state index in [9.17, 15) is 0 Å². The maximum atomic E-state index is 2.62. The Morgan fingerprint density at radius 2 is 1.43 bits per heavy atom. The van der Waals surface area contributed by atoms with Crippen LogP contribution < -0.4 is 0 Å². The molecule has 0 aromatic heterocycles. The maximum absolute atomic E-state index is 2.62. The monoisotopic (exact) mass is 310 g/mol. The predicted octanol–water partition coefficient (Wildman–Crippen LogP) is 5.59. The van der Waals surface area contributed by atoms with Crippen molar-refractivity contribution >= 4 is 22.6 Å². The molecule has 0 N–H and O–H groups in total. The van der Waals surface area contributed by atoms with Crippen LogP contribution in [-0.2, 0) is 0 Å². The Morgan fingerprint density at radius 3 is 1.93 bits per heavy atom. The highest BCUT2D eigenvalue weighted by atomic mass is 127. The van der Waals surface area contributed by atoms with Crippen molar-refractivity contribution in [3.63, 3.8) is 0 Å². The molecule has 0 heterocycles. The predicted molar refractivity (Wildman–Crippen MR) is 75.3 cm³/mol. The van der Waals surface area contributed by atoms with Crippen molar-refractivity contribution in [3.05, 3.63) is 0 Å². The average Bonchev–Trinajstić information content (AvgIpc) is 2.09. The lowest BCUT2D eigenvalue weighted by atomic mass is 9.89. The molecule has 0 aliphatic carbocycles. The molecule has 0 fully saturated rings. The van der Waals surface area contributed by atoms with E-state index in [-0.39, 0.29) is 0 Å². The zero-order chi connectivity index (χ0) is 11.0. The molecule has 1 unspecified atom stereocenters. The lowest BCUT2D eigenvalue weighted by molar-refractivity contribution is 0.383. The van der Waals surface area contributed by atoms with Crippen molar-refractivity contribution in [3.8, 4) is 0 Å². The Morgan fingerprint density at radius 1 is 0.929 bits per heavy atom. The van der Waals surface area contributed by atoms with E-state index in [0.29, 0.717) is 5.41 Å². The van der Waals surface area contributed by atoms with Crippen molar-refractivity contribution in [2.24, 2.45) is 5.41 Å². The van der Waals surface area contributed by atoms with Gasteiger partial charge in [-0.3, -0.25) is 0 Å². The van der Waals surface area contributed by atoms with Crippen molar-refractivity contribution < 1.29 is 0 Å². The summed E-state index contributed by atoms with van der Waals surface area (Å²) in [6.07, 6.45) is 9.93. The summed E-state index contributed by atoms with van der Waals surface area (Å²) in [5.41, 5.74) is 0.490. The first-order valence-corrected chi connectivity index (χ1v) is 7.37. The molecule has 0 bridgehead atoms. The van der Waals surface area contributed by atoms with Gasteiger partial charge in [0.2, 0.25) is 0 Å². The van der Waals surface area contributed by atoms with Crippen molar-refractivity contribution in [2.45, 2.75) is 76.6 Å². The third-order valence-corrected chi connectivity index (χ3v) is 5.24. The van der Waals surface area contributed by atoms with Crippen LogP contribution >= 0.6 is 22.6 Å². The lowest BCUT2D eigenvalue weighted by Crippen LogP contribution is -2.19. The molecule has 0 spiro atoms. The zero-order valence-corrected chi connectivity index (χ0v) is 12.6. The van der Waals surface area contributed by atoms with Gasteiger partial charge in [0.1, 0.15) is 0 Å². The fourth-order valence-corrected chi connectivity index (χ4v) is 1.98. The zero-order valence-electron chi connectivity index (χ0n) is 10.4. The van der Waals surface area contributed by atoms with E-state index in [2.05, 4.69) is 50.3 Å². The second-order valence-corrected chi connectivity index (χ2v) is 6.89. The van der Waals surface area contributed by atoms with E-state index in [1.807, 2.05) is 0 Å². The molecule has 1 atom stereocenters. The molecule has 86 valence electrons. The summed E-state index contributed by atoms with van der Waals surface area (Å²) >= 11 is 2.62. The van der Waals surface area contributed by atoms with Gasteiger partial charge in [-0.15, -0.1) is 0 Å². The summed E-state index contributed by atoms with van der Waals surface area (Å²) < 4.78 is 0.839. The van der Waals surface area contributed by atoms with Gasteiger partial charge in [0.25, 0.3) is 0 Å². The SMILES string of the molecule is CCCCCCCCC(I)C(C)(C)C. The number of rotatable bonds is 7. The summed E-state index contributed by atoms with van der Waals surface area (Å²) in [5.74, 6) is 0. The molecule has 14 heavy (non-hydrogen) atoms. The van der Waals surface area contributed by atoms with Crippen molar-refractivity contribution in [1.29, 1.82) is 0 Å². The third-order valence-electron chi connectivity index (χ3n) is 2.75. The van der Waals surface area contributed by atoms with Crippen LogP contribution in [0.4, 0.5) is 0 Å². The molecule has 0 nitrogen and oxygen atoms in total. The highest BCUT2D eigenvalue weighted by molar-refractivity contribution is 14.1. The van der Waals surface area contributed by atoms with Gasteiger partial charge in [-0.2, -0.15) is 0 Å². The highest BCUT2D eigenvalue weighted by Gasteiger charge is 2.20. The summed E-state index contributed by atoms with van der Waals surface area (Å²) in [5, 5.41) is 0. The number of alkyl halides is 1. The van der Waals surface area contributed by atoms with Gasteiger partial charge < -0.3 is 0 Å². The number of hydrogen-bond acceptors (Lipinski definition) is 0. The van der Waals surface area contributed by atoms with E-state index in [0.717, 1.165) is 3.92 Å². The van der Waals surface area contributed by atoms with Gasteiger partial charge in [0, 0.05) is 3.92 Å². The molecule has 0 aliphatic heterocycles. The maximum Gasteiger partial charge on any atom is 0.0158 e. The second-order valence-electron chi connectivity index (χ2n) is 5.39. The molecule has 0 amide bonds. The van der Waals surface area contributed by atoms with Gasteiger partial charge in [0.05, 0.1) is 0 Å². The van der Waals surface area contributed by atoms with E-state index in [1.165, 1.54) is 44.9 Å². The normalized spacial score (nSPS) is 14.4. The summed E-state index contributed by atoms with van der Waals surface area (Å²) in [4.78, 5) is 0. The first-order chi connectivity index (χ1) is 6.48. The molecule has 0 aromatic carbocycles. The molecule has 0 radical (unpaired) electrons. The van der Waals surface area contributed by atoms with Crippen LogP contribution in [-0.4, -0.2) is 3.92 Å². The topological polar surface area (TPSA) is 0 Å². The van der Waals surface area contributed by atoms with Crippen LogP contribution in [0.15, 0.2) is 0 Å². The molecule has 0 saturated heterocycles. The minimum Gasteiger partial charge on any atom is -0.0820 e. The largest absolute Gasteiger partial charge is 0.0820 e. The summed E-state index contributed by atoms with van der Waals surface area (Å²) in [7, 11) is 0. The van der Waals surface area contributed by atoms with Crippen molar-refractivity contribution in [1.82, 2.24) is 0 Å². The van der Waals surface area contributed by atoms with Gasteiger partial charge in [-0.25, -0.2) is 0 Å². The minimum atomic E-state index is 0.490. The molecular weight excluding hydrogens is 283 g/mol. The third kappa shape index (κ3) is 8.07. The van der Waals surface area contributed by atoms with Gasteiger partial charge in [-0.05, 0) is 11.8 Å². The van der Waals surface area contributed by atoms with Crippen LogP contribution in [0.25, 0.3) is 0 Å². The van der Waals surface area contributed by atoms with Crippen LogP contribution in [0, 0.1) is 5.41 Å². The Bertz CT molecular complexity index is 124. The molecule has 1 heteroatoms. The van der Waals surface area contributed by atoms with Gasteiger partial charge >= 0.3 is 0 Å².